The lowest BCUT2D eigenvalue weighted by Gasteiger charge is -2.37. The van der Waals surface area contributed by atoms with Crippen molar-refractivity contribution in [3.63, 3.8) is 0 Å². The van der Waals surface area contributed by atoms with Gasteiger partial charge in [-0.3, -0.25) is 14.3 Å². The molecule has 2 N–H and O–H groups in total. The third-order valence-corrected chi connectivity index (χ3v) is 4.99. The molecule has 3 aromatic rings. The van der Waals surface area contributed by atoms with Gasteiger partial charge in [0.2, 0.25) is 0 Å². The van der Waals surface area contributed by atoms with E-state index in [0.29, 0.717) is 29.3 Å². The predicted octanol–water partition coefficient (Wildman–Crippen LogP) is 2.81. The summed E-state index contributed by atoms with van der Waals surface area (Å²) in [4.78, 5) is 31.6. The van der Waals surface area contributed by atoms with E-state index in [-0.39, 0.29) is 17.7 Å². The van der Waals surface area contributed by atoms with Crippen LogP contribution in [-0.4, -0.2) is 49.9 Å². The van der Waals surface area contributed by atoms with Gasteiger partial charge in [-0.05, 0) is 30.7 Å². The van der Waals surface area contributed by atoms with E-state index in [1.165, 1.54) is 11.2 Å². The number of rotatable bonds is 2. The third kappa shape index (κ3) is 3.07. The maximum absolute atomic E-state index is 11.9. The Morgan fingerprint density at radius 2 is 2.11 bits per heavy atom. The van der Waals surface area contributed by atoms with Gasteiger partial charge in [0.1, 0.15) is 5.15 Å². The molecular formula is C18H17ClN4O4. The van der Waals surface area contributed by atoms with Crippen molar-refractivity contribution in [1.29, 1.82) is 0 Å². The highest BCUT2D eigenvalue weighted by Gasteiger charge is 2.31. The molecule has 0 spiro atoms. The molecule has 3 heterocycles. The van der Waals surface area contributed by atoms with Gasteiger partial charge in [-0.1, -0.05) is 23.7 Å². The highest BCUT2D eigenvalue weighted by molar-refractivity contribution is 6.31. The van der Waals surface area contributed by atoms with Crippen molar-refractivity contribution in [3.05, 3.63) is 57.7 Å². The summed E-state index contributed by atoms with van der Waals surface area (Å²) in [5.74, 6) is 0. The minimum absolute atomic E-state index is 0.133. The minimum atomic E-state index is -0.970. The zero-order chi connectivity index (χ0) is 19.1. The van der Waals surface area contributed by atoms with Crippen LogP contribution in [0.1, 0.15) is 18.5 Å². The van der Waals surface area contributed by atoms with Crippen LogP contribution in [0.3, 0.4) is 0 Å². The number of aromatic nitrogens is 3. The third-order valence-electron chi connectivity index (χ3n) is 4.71. The lowest BCUT2D eigenvalue weighted by atomic mass is 10.0. The van der Waals surface area contributed by atoms with Crippen LogP contribution >= 0.6 is 11.6 Å². The summed E-state index contributed by atoms with van der Waals surface area (Å²) >= 11 is 6.31. The second kappa shape index (κ2) is 6.71. The van der Waals surface area contributed by atoms with Crippen molar-refractivity contribution in [2.45, 2.75) is 19.1 Å². The molecule has 0 saturated carbocycles. The van der Waals surface area contributed by atoms with Gasteiger partial charge in [0.25, 0.3) is 5.56 Å². The van der Waals surface area contributed by atoms with E-state index in [9.17, 15) is 14.7 Å². The SMILES string of the molecule is C[C@@H]1CN(C(=O)O)[C@H](c2ccc(-n3c(Cl)cc4c(=O)[nH]cnc43)cc2)CO1. The van der Waals surface area contributed by atoms with Crippen LogP contribution in [0.5, 0.6) is 0 Å². The monoisotopic (exact) mass is 388 g/mol. The number of fused-ring (bicyclic) bond motifs is 1. The first-order valence-corrected chi connectivity index (χ1v) is 8.79. The first kappa shape index (κ1) is 17.6. The van der Waals surface area contributed by atoms with Crippen LogP contribution in [-0.2, 0) is 4.74 Å². The van der Waals surface area contributed by atoms with E-state index in [1.54, 1.807) is 10.6 Å². The summed E-state index contributed by atoms with van der Waals surface area (Å²) in [6.45, 7) is 2.47. The van der Waals surface area contributed by atoms with E-state index >= 15 is 0 Å². The highest BCUT2D eigenvalue weighted by atomic mass is 35.5. The Morgan fingerprint density at radius 1 is 1.37 bits per heavy atom. The average molecular weight is 389 g/mol. The Morgan fingerprint density at radius 3 is 2.81 bits per heavy atom. The number of carbonyl (C=O) groups is 1. The number of amides is 1. The van der Waals surface area contributed by atoms with Gasteiger partial charge >= 0.3 is 6.09 Å². The number of nitrogens with zero attached hydrogens (tertiary/aromatic N) is 3. The van der Waals surface area contributed by atoms with Crippen molar-refractivity contribution in [2.75, 3.05) is 13.2 Å². The van der Waals surface area contributed by atoms with Gasteiger partial charge in [0.15, 0.2) is 5.65 Å². The highest BCUT2D eigenvalue weighted by Crippen LogP contribution is 2.29. The van der Waals surface area contributed by atoms with Gasteiger partial charge in [0, 0.05) is 5.69 Å². The van der Waals surface area contributed by atoms with Crippen molar-refractivity contribution in [3.8, 4) is 5.69 Å². The Bertz CT molecular complexity index is 1060. The molecule has 0 unspecified atom stereocenters. The number of morpholine rings is 1. The number of halogens is 1. The topological polar surface area (TPSA) is 100 Å². The number of nitrogens with one attached hydrogen (secondary N) is 1. The molecule has 0 aliphatic carbocycles. The van der Waals surface area contributed by atoms with Gasteiger partial charge in [-0.15, -0.1) is 0 Å². The Labute approximate surface area is 159 Å². The lowest BCUT2D eigenvalue weighted by Crippen LogP contribution is -2.46. The number of H-pyrrole nitrogens is 1. The van der Waals surface area contributed by atoms with E-state index in [4.69, 9.17) is 16.3 Å². The molecule has 1 aromatic carbocycles. The fourth-order valence-corrected chi connectivity index (χ4v) is 3.66. The maximum Gasteiger partial charge on any atom is 0.407 e. The standard InChI is InChI=1S/C18H17ClN4O4/c1-10-7-22(18(25)26)14(8-27-10)11-2-4-12(5-3-11)23-15(19)6-13-16(23)20-9-21-17(13)24/h2-6,9-10,14H,7-8H2,1H3,(H,25,26)(H,20,21,24)/t10-,14+/m1/s1. The molecule has 1 amide bonds. The number of benzene rings is 1. The molecule has 4 rings (SSSR count). The Balaban J connectivity index is 1.71. The normalized spacial score (nSPS) is 20.1. The number of carboxylic acid groups (broad SMARTS) is 1. The summed E-state index contributed by atoms with van der Waals surface area (Å²) in [5.41, 5.74) is 1.75. The molecule has 1 saturated heterocycles. The molecule has 1 aliphatic heterocycles. The summed E-state index contributed by atoms with van der Waals surface area (Å²) in [6.07, 6.45) is 0.227. The average Bonchev–Trinajstić information content (AvgIpc) is 2.99. The van der Waals surface area contributed by atoms with Crippen molar-refractivity contribution >= 4 is 28.7 Å². The van der Waals surface area contributed by atoms with Crippen LogP contribution in [0, 0.1) is 0 Å². The smallest absolute Gasteiger partial charge is 0.407 e. The summed E-state index contributed by atoms with van der Waals surface area (Å²) in [5, 5.41) is 10.2. The molecule has 140 valence electrons. The van der Waals surface area contributed by atoms with E-state index in [1.807, 2.05) is 31.2 Å². The quantitative estimate of drug-likeness (QED) is 0.703. The predicted molar refractivity (Wildman–Crippen MR) is 99.6 cm³/mol. The molecule has 27 heavy (non-hydrogen) atoms. The largest absolute Gasteiger partial charge is 0.465 e. The van der Waals surface area contributed by atoms with Crippen LogP contribution in [0.2, 0.25) is 5.15 Å². The van der Waals surface area contributed by atoms with E-state index in [2.05, 4.69) is 9.97 Å². The van der Waals surface area contributed by atoms with Crippen LogP contribution in [0.4, 0.5) is 4.79 Å². The number of hydrogen-bond donors (Lipinski definition) is 2. The van der Waals surface area contributed by atoms with Crippen molar-refractivity contribution < 1.29 is 14.6 Å². The van der Waals surface area contributed by atoms with Gasteiger partial charge in [-0.25, -0.2) is 9.78 Å². The van der Waals surface area contributed by atoms with Crippen molar-refractivity contribution in [2.24, 2.45) is 0 Å². The van der Waals surface area contributed by atoms with E-state index in [0.717, 1.165) is 11.3 Å². The maximum atomic E-state index is 11.9. The second-order valence-corrected chi connectivity index (χ2v) is 6.84. The molecule has 2 atom stereocenters. The fourth-order valence-electron chi connectivity index (χ4n) is 3.38. The zero-order valence-corrected chi connectivity index (χ0v) is 15.2. The Kier molecular flexibility index (Phi) is 4.37. The second-order valence-electron chi connectivity index (χ2n) is 6.46. The molecule has 1 aliphatic rings. The van der Waals surface area contributed by atoms with Crippen molar-refractivity contribution in [1.82, 2.24) is 19.4 Å². The van der Waals surface area contributed by atoms with Gasteiger partial charge in [-0.2, -0.15) is 0 Å². The van der Waals surface area contributed by atoms with Crippen LogP contribution in [0.15, 0.2) is 41.5 Å². The molecule has 8 nitrogen and oxygen atoms in total. The first-order valence-electron chi connectivity index (χ1n) is 8.42. The number of ether oxygens (including phenoxy) is 1. The molecule has 2 aromatic heterocycles. The Hall–Kier alpha value is -2.84. The van der Waals surface area contributed by atoms with Crippen LogP contribution in [0.25, 0.3) is 16.7 Å². The van der Waals surface area contributed by atoms with Gasteiger partial charge in [0.05, 0.1) is 37.0 Å². The molecule has 0 bridgehead atoms. The fraction of sp³-hybridized carbons (Fsp3) is 0.278. The molecule has 9 heteroatoms. The summed E-state index contributed by atoms with van der Waals surface area (Å²) in [7, 11) is 0. The number of aromatic amines is 1. The summed E-state index contributed by atoms with van der Waals surface area (Å²) < 4.78 is 7.31. The first-order chi connectivity index (χ1) is 13.0. The number of hydrogen-bond acceptors (Lipinski definition) is 4. The van der Waals surface area contributed by atoms with E-state index < -0.39 is 6.09 Å². The zero-order valence-electron chi connectivity index (χ0n) is 14.4. The van der Waals surface area contributed by atoms with Crippen LogP contribution < -0.4 is 5.56 Å². The summed E-state index contributed by atoms with van der Waals surface area (Å²) in [6, 6.07) is 8.52. The van der Waals surface area contributed by atoms with Gasteiger partial charge < -0.3 is 14.8 Å². The minimum Gasteiger partial charge on any atom is -0.465 e. The molecular weight excluding hydrogens is 372 g/mol. The molecule has 0 radical (unpaired) electrons. The molecule has 1 fully saturated rings. The lowest BCUT2D eigenvalue weighted by molar-refractivity contribution is -0.0465.